The average Bonchev–Trinajstić information content (AvgIpc) is 2.89. The standard InChI is InChI=1S/C14H20N4S/c1-3-6-11-16-14(18(2)17-11)12-9-7-4-5-8-10(9)19-13(12)15/h3-8,15H2,1-2H3. The normalized spacial score (nSPS) is 14.6. The largest absolute Gasteiger partial charge is 0.390 e. The van der Waals surface area contributed by atoms with Crippen molar-refractivity contribution >= 4 is 16.3 Å². The van der Waals surface area contributed by atoms with E-state index < -0.39 is 0 Å². The molecule has 0 amide bonds. The summed E-state index contributed by atoms with van der Waals surface area (Å²) >= 11 is 1.74. The monoisotopic (exact) mass is 276 g/mol. The summed E-state index contributed by atoms with van der Waals surface area (Å²) in [7, 11) is 1.97. The highest BCUT2D eigenvalue weighted by molar-refractivity contribution is 7.16. The number of aryl methyl sites for hydroxylation is 3. The van der Waals surface area contributed by atoms with Gasteiger partial charge in [-0.15, -0.1) is 11.3 Å². The summed E-state index contributed by atoms with van der Waals surface area (Å²) in [5.41, 5.74) is 8.82. The number of thiophene rings is 1. The van der Waals surface area contributed by atoms with Gasteiger partial charge in [-0.2, -0.15) is 5.10 Å². The van der Waals surface area contributed by atoms with Crippen LogP contribution in [0.1, 0.15) is 42.5 Å². The number of hydrogen-bond donors (Lipinski definition) is 1. The Labute approximate surface area is 117 Å². The molecule has 102 valence electrons. The molecule has 4 nitrogen and oxygen atoms in total. The number of anilines is 1. The average molecular weight is 276 g/mol. The van der Waals surface area contributed by atoms with Crippen LogP contribution in [-0.2, 0) is 26.3 Å². The minimum Gasteiger partial charge on any atom is -0.390 e. The number of rotatable bonds is 3. The Hall–Kier alpha value is -1.36. The van der Waals surface area contributed by atoms with Crippen LogP contribution in [-0.4, -0.2) is 14.8 Å². The van der Waals surface area contributed by atoms with E-state index in [1.54, 1.807) is 11.3 Å². The van der Waals surface area contributed by atoms with E-state index in [4.69, 9.17) is 5.73 Å². The second-order valence-electron chi connectivity index (χ2n) is 5.18. The Balaban J connectivity index is 2.08. The third kappa shape index (κ3) is 2.16. The fourth-order valence-electron chi connectivity index (χ4n) is 2.82. The summed E-state index contributed by atoms with van der Waals surface area (Å²) in [6.07, 6.45) is 6.85. The van der Waals surface area contributed by atoms with E-state index in [1.807, 2.05) is 11.7 Å². The van der Waals surface area contributed by atoms with Crippen LogP contribution in [0, 0.1) is 0 Å². The molecular weight excluding hydrogens is 256 g/mol. The summed E-state index contributed by atoms with van der Waals surface area (Å²) in [4.78, 5) is 6.15. The molecule has 0 fully saturated rings. The van der Waals surface area contributed by atoms with Gasteiger partial charge in [0, 0.05) is 18.3 Å². The summed E-state index contributed by atoms with van der Waals surface area (Å²) < 4.78 is 1.89. The molecule has 0 aromatic carbocycles. The lowest BCUT2D eigenvalue weighted by atomic mass is 9.95. The smallest absolute Gasteiger partial charge is 0.161 e. The van der Waals surface area contributed by atoms with Crippen molar-refractivity contribution in [2.45, 2.75) is 45.4 Å². The predicted molar refractivity (Wildman–Crippen MR) is 79.4 cm³/mol. The van der Waals surface area contributed by atoms with E-state index in [2.05, 4.69) is 17.0 Å². The van der Waals surface area contributed by atoms with Crippen LogP contribution < -0.4 is 5.73 Å². The first-order chi connectivity index (χ1) is 9.20. The Morgan fingerprint density at radius 2 is 2.11 bits per heavy atom. The van der Waals surface area contributed by atoms with Crippen LogP contribution in [0.2, 0.25) is 0 Å². The van der Waals surface area contributed by atoms with Crippen molar-refractivity contribution in [3.63, 3.8) is 0 Å². The van der Waals surface area contributed by atoms with E-state index >= 15 is 0 Å². The number of aromatic nitrogens is 3. The minimum absolute atomic E-state index is 0.908. The maximum absolute atomic E-state index is 6.24. The van der Waals surface area contributed by atoms with E-state index in [9.17, 15) is 0 Å². The topological polar surface area (TPSA) is 56.7 Å². The van der Waals surface area contributed by atoms with Crippen LogP contribution in [0.5, 0.6) is 0 Å². The Bertz CT molecular complexity index is 597. The lowest BCUT2D eigenvalue weighted by molar-refractivity contribution is 0.695. The molecule has 0 spiro atoms. The zero-order valence-corrected chi connectivity index (χ0v) is 12.4. The quantitative estimate of drug-likeness (QED) is 0.937. The van der Waals surface area contributed by atoms with Gasteiger partial charge in [0.15, 0.2) is 11.6 Å². The molecule has 2 aromatic heterocycles. The van der Waals surface area contributed by atoms with Crippen molar-refractivity contribution in [1.29, 1.82) is 0 Å². The zero-order valence-electron chi connectivity index (χ0n) is 11.6. The summed E-state index contributed by atoms with van der Waals surface area (Å²) in [5, 5.41) is 5.41. The third-order valence-electron chi connectivity index (χ3n) is 3.70. The van der Waals surface area contributed by atoms with E-state index in [-0.39, 0.29) is 0 Å². The molecule has 1 aliphatic carbocycles. The third-order valence-corrected chi connectivity index (χ3v) is 4.82. The fraction of sp³-hybridized carbons (Fsp3) is 0.571. The molecule has 0 unspecified atom stereocenters. The van der Waals surface area contributed by atoms with Gasteiger partial charge >= 0.3 is 0 Å². The molecule has 2 heterocycles. The fourth-order valence-corrected chi connectivity index (χ4v) is 3.97. The van der Waals surface area contributed by atoms with Crippen molar-refractivity contribution in [1.82, 2.24) is 14.8 Å². The first-order valence-corrected chi connectivity index (χ1v) is 7.82. The van der Waals surface area contributed by atoms with Gasteiger partial charge in [-0.05, 0) is 37.7 Å². The van der Waals surface area contributed by atoms with E-state index in [1.165, 1.54) is 29.7 Å². The van der Waals surface area contributed by atoms with Gasteiger partial charge < -0.3 is 5.73 Å². The lowest BCUT2D eigenvalue weighted by Gasteiger charge is -2.12. The number of nitrogens with zero attached hydrogens (tertiary/aromatic N) is 3. The zero-order chi connectivity index (χ0) is 13.4. The molecule has 1 aliphatic rings. The molecule has 0 bridgehead atoms. The molecule has 0 radical (unpaired) electrons. The Morgan fingerprint density at radius 1 is 1.32 bits per heavy atom. The van der Waals surface area contributed by atoms with Crippen molar-refractivity contribution in [3.8, 4) is 11.4 Å². The molecule has 3 rings (SSSR count). The molecule has 5 heteroatoms. The van der Waals surface area contributed by atoms with E-state index in [0.717, 1.165) is 41.5 Å². The highest BCUT2D eigenvalue weighted by atomic mass is 32.1. The Morgan fingerprint density at radius 3 is 2.89 bits per heavy atom. The van der Waals surface area contributed by atoms with Crippen LogP contribution in [0.4, 0.5) is 5.00 Å². The second kappa shape index (κ2) is 4.96. The molecule has 0 aliphatic heterocycles. The summed E-state index contributed by atoms with van der Waals surface area (Å²) in [6, 6.07) is 0. The lowest BCUT2D eigenvalue weighted by Crippen LogP contribution is -2.02. The van der Waals surface area contributed by atoms with Crippen LogP contribution in [0.15, 0.2) is 0 Å². The van der Waals surface area contributed by atoms with Crippen molar-refractivity contribution in [3.05, 3.63) is 16.3 Å². The van der Waals surface area contributed by atoms with E-state index in [0.29, 0.717) is 0 Å². The minimum atomic E-state index is 0.908. The van der Waals surface area contributed by atoms with Gasteiger partial charge in [0.05, 0.1) is 10.6 Å². The van der Waals surface area contributed by atoms with Crippen LogP contribution in [0.25, 0.3) is 11.4 Å². The van der Waals surface area contributed by atoms with Gasteiger partial charge in [0.2, 0.25) is 0 Å². The summed E-state index contributed by atoms with van der Waals surface area (Å²) in [6.45, 7) is 2.15. The second-order valence-corrected chi connectivity index (χ2v) is 6.31. The van der Waals surface area contributed by atoms with Crippen molar-refractivity contribution in [2.75, 3.05) is 5.73 Å². The highest BCUT2D eigenvalue weighted by Gasteiger charge is 2.23. The van der Waals surface area contributed by atoms with Gasteiger partial charge in [0.1, 0.15) is 0 Å². The molecule has 2 N–H and O–H groups in total. The van der Waals surface area contributed by atoms with Gasteiger partial charge in [-0.3, -0.25) is 0 Å². The Kier molecular flexibility index (Phi) is 3.31. The number of nitrogen functional groups attached to an aromatic ring is 1. The molecule has 0 saturated carbocycles. The predicted octanol–water partition coefficient (Wildman–Crippen LogP) is 2.96. The van der Waals surface area contributed by atoms with Crippen molar-refractivity contribution < 1.29 is 0 Å². The van der Waals surface area contributed by atoms with Gasteiger partial charge in [0.25, 0.3) is 0 Å². The number of nitrogens with two attached hydrogens (primary N) is 1. The molecule has 19 heavy (non-hydrogen) atoms. The molecular formula is C14H20N4S. The summed E-state index contributed by atoms with van der Waals surface area (Å²) in [5.74, 6) is 1.87. The molecule has 2 aromatic rings. The first kappa shape index (κ1) is 12.7. The number of hydrogen-bond acceptors (Lipinski definition) is 4. The first-order valence-electron chi connectivity index (χ1n) is 7.01. The maximum Gasteiger partial charge on any atom is 0.161 e. The van der Waals surface area contributed by atoms with Crippen molar-refractivity contribution in [2.24, 2.45) is 7.05 Å². The van der Waals surface area contributed by atoms with Crippen LogP contribution >= 0.6 is 11.3 Å². The molecule has 0 saturated heterocycles. The maximum atomic E-state index is 6.24. The number of fused-ring (bicyclic) bond motifs is 1. The SMILES string of the molecule is CCCc1nc(-c2c(N)sc3c2CCCC3)n(C)n1. The van der Waals surface area contributed by atoms with Gasteiger partial charge in [-0.1, -0.05) is 6.92 Å². The van der Waals surface area contributed by atoms with Gasteiger partial charge in [-0.25, -0.2) is 9.67 Å². The highest BCUT2D eigenvalue weighted by Crippen LogP contribution is 2.41. The molecule has 0 atom stereocenters. The van der Waals surface area contributed by atoms with Crippen LogP contribution in [0.3, 0.4) is 0 Å².